The Bertz CT molecular complexity index is 493. The first kappa shape index (κ1) is 13.7. The highest BCUT2D eigenvalue weighted by atomic mass is 16.6. The van der Waals surface area contributed by atoms with Gasteiger partial charge in [-0.2, -0.15) is 10.5 Å². The van der Waals surface area contributed by atoms with E-state index in [2.05, 4.69) is 5.43 Å². The van der Waals surface area contributed by atoms with Crippen molar-refractivity contribution >= 4 is 17.3 Å². The summed E-state index contributed by atoms with van der Waals surface area (Å²) in [5, 5.41) is 40.9. The van der Waals surface area contributed by atoms with Gasteiger partial charge in [0.25, 0.3) is 5.96 Å². The number of guanidine groups is 1. The average Bonchev–Trinajstić information content (AvgIpc) is 2.40. The Morgan fingerprint density at radius 1 is 1.53 bits per heavy atom. The molecule has 0 saturated carbocycles. The van der Waals surface area contributed by atoms with Gasteiger partial charge < -0.3 is 10.3 Å². The van der Waals surface area contributed by atoms with Gasteiger partial charge in [-0.25, -0.2) is 5.17 Å². The lowest BCUT2D eigenvalue weighted by Crippen LogP contribution is -3.13. The largest absolute Gasteiger partial charge is 0.601 e. The molecule has 0 bridgehead atoms. The van der Waals surface area contributed by atoms with E-state index in [4.69, 9.17) is 5.41 Å². The Labute approximate surface area is 110 Å². The Morgan fingerprint density at radius 3 is 2.79 bits per heavy atom. The normalized spacial score (nSPS) is 20.5. The van der Waals surface area contributed by atoms with Crippen molar-refractivity contribution in [3.63, 3.8) is 0 Å². The van der Waals surface area contributed by atoms with Gasteiger partial charge >= 0.3 is 0 Å². The molecular weight excluding hydrogens is 250 g/mol. The minimum absolute atomic E-state index is 0.154. The first-order valence-corrected chi connectivity index (χ1v) is 5.95. The van der Waals surface area contributed by atoms with Gasteiger partial charge in [-0.15, -0.1) is 5.12 Å². The molecule has 2 atom stereocenters. The maximum atomic E-state index is 12.2. The number of hydroxylamine groups is 1. The van der Waals surface area contributed by atoms with Crippen molar-refractivity contribution in [3.05, 3.63) is 29.0 Å². The second-order valence-corrected chi connectivity index (χ2v) is 4.21. The second kappa shape index (κ2) is 5.11. The minimum atomic E-state index is -0.851. The summed E-state index contributed by atoms with van der Waals surface area (Å²) in [5.74, 6) is -0.396. The maximum absolute atomic E-state index is 12.2. The van der Waals surface area contributed by atoms with E-state index in [1.165, 1.54) is 6.92 Å². The van der Waals surface area contributed by atoms with Crippen LogP contribution in [0.3, 0.4) is 0 Å². The average molecular weight is 267 g/mol. The predicted molar refractivity (Wildman–Crippen MR) is 68.6 cm³/mol. The number of hydrazine groups is 1. The third kappa shape index (κ3) is 2.15. The van der Waals surface area contributed by atoms with Crippen LogP contribution in [0.15, 0.2) is 18.2 Å². The Morgan fingerprint density at radius 2 is 2.21 bits per heavy atom. The SMILES string of the molecule is CCNN1C(=N)N(O)c2c(C(C)O)cccc2[NH+]1[O-]. The lowest BCUT2D eigenvalue weighted by atomic mass is 10.1. The molecule has 19 heavy (non-hydrogen) atoms. The number of nitrogens with zero attached hydrogens (tertiary/aromatic N) is 2. The van der Waals surface area contributed by atoms with E-state index in [1.54, 1.807) is 25.1 Å². The fraction of sp³-hybridized carbons (Fsp3) is 0.364. The van der Waals surface area contributed by atoms with Gasteiger partial charge in [0, 0.05) is 18.2 Å². The number of benzene rings is 1. The van der Waals surface area contributed by atoms with E-state index in [9.17, 15) is 15.5 Å². The number of rotatable bonds is 3. The van der Waals surface area contributed by atoms with Crippen molar-refractivity contribution in [1.29, 1.82) is 5.41 Å². The molecule has 1 aromatic carbocycles. The van der Waals surface area contributed by atoms with E-state index >= 15 is 0 Å². The third-order valence-corrected chi connectivity index (χ3v) is 2.89. The van der Waals surface area contributed by atoms with Crippen LogP contribution in [-0.4, -0.2) is 27.9 Å². The van der Waals surface area contributed by atoms with Crippen LogP contribution in [0.4, 0.5) is 11.4 Å². The molecule has 1 aromatic rings. The summed E-state index contributed by atoms with van der Waals surface area (Å²) in [6.07, 6.45) is -0.851. The van der Waals surface area contributed by atoms with Crippen molar-refractivity contribution in [2.45, 2.75) is 20.0 Å². The molecule has 0 aliphatic carbocycles. The molecule has 0 fully saturated rings. The topological polar surface area (TPSA) is 110 Å². The number of anilines is 1. The van der Waals surface area contributed by atoms with Crippen LogP contribution in [0.1, 0.15) is 25.5 Å². The number of hydrogen-bond acceptors (Lipinski definition) is 5. The van der Waals surface area contributed by atoms with Gasteiger partial charge in [0.05, 0.1) is 6.10 Å². The molecule has 8 heteroatoms. The van der Waals surface area contributed by atoms with E-state index in [0.717, 1.165) is 5.12 Å². The fourth-order valence-corrected chi connectivity index (χ4v) is 2.03. The molecule has 0 radical (unpaired) electrons. The molecule has 5 N–H and O–H groups in total. The zero-order valence-electron chi connectivity index (χ0n) is 10.7. The van der Waals surface area contributed by atoms with Gasteiger partial charge in [0.1, 0.15) is 5.69 Å². The maximum Gasteiger partial charge on any atom is 0.289 e. The molecule has 0 spiro atoms. The molecule has 0 saturated heterocycles. The summed E-state index contributed by atoms with van der Waals surface area (Å²) in [5.41, 5.74) is 3.48. The van der Waals surface area contributed by atoms with Crippen LogP contribution in [0.2, 0.25) is 0 Å². The molecular formula is C11H17N5O3. The standard InChI is InChI=1S/C11H17N5O3/c1-3-13-15-11(12)14(18)10-8(7(2)17)5-4-6-9(10)16(15)19/h4-7,12-13,16-18H,3H2,1-2H3. The Kier molecular flexibility index (Phi) is 3.69. The lowest BCUT2D eigenvalue weighted by molar-refractivity contribution is -0.905. The Hall–Kier alpha value is -1.71. The molecule has 1 heterocycles. The fourth-order valence-electron chi connectivity index (χ4n) is 2.03. The first-order valence-electron chi connectivity index (χ1n) is 5.95. The zero-order chi connectivity index (χ0) is 14.2. The lowest BCUT2D eigenvalue weighted by Gasteiger charge is -2.41. The van der Waals surface area contributed by atoms with E-state index in [0.29, 0.717) is 17.2 Å². The monoisotopic (exact) mass is 267 g/mol. The number of para-hydroxylation sites is 1. The Balaban J connectivity index is 2.55. The van der Waals surface area contributed by atoms with Crippen LogP contribution >= 0.6 is 0 Å². The quantitative estimate of drug-likeness (QED) is 0.478. The number of fused-ring (bicyclic) bond motifs is 1. The number of quaternary nitrogens is 1. The summed E-state index contributed by atoms with van der Waals surface area (Å²) in [4.78, 5) is 0. The smallest absolute Gasteiger partial charge is 0.289 e. The van der Waals surface area contributed by atoms with Crippen LogP contribution in [0.5, 0.6) is 0 Å². The van der Waals surface area contributed by atoms with Crippen molar-refractivity contribution < 1.29 is 15.5 Å². The van der Waals surface area contributed by atoms with E-state index in [1.807, 2.05) is 0 Å². The summed E-state index contributed by atoms with van der Waals surface area (Å²) >= 11 is 0. The van der Waals surface area contributed by atoms with E-state index in [-0.39, 0.29) is 11.4 Å². The number of aliphatic hydroxyl groups is 1. The van der Waals surface area contributed by atoms with Crippen molar-refractivity contribution in [2.75, 3.05) is 11.6 Å². The van der Waals surface area contributed by atoms with Gasteiger partial charge in [0.2, 0.25) is 0 Å². The van der Waals surface area contributed by atoms with Crippen LogP contribution < -0.4 is 15.7 Å². The van der Waals surface area contributed by atoms with Crippen LogP contribution in [0, 0.1) is 10.6 Å². The van der Waals surface area contributed by atoms with Crippen LogP contribution in [0.25, 0.3) is 0 Å². The highest BCUT2D eigenvalue weighted by Gasteiger charge is 2.36. The molecule has 2 rings (SSSR count). The molecule has 104 valence electrons. The van der Waals surface area contributed by atoms with Gasteiger partial charge in [0.15, 0.2) is 5.69 Å². The second-order valence-electron chi connectivity index (χ2n) is 4.21. The van der Waals surface area contributed by atoms with Gasteiger partial charge in [-0.3, -0.25) is 10.6 Å². The third-order valence-electron chi connectivity index (χ3n) is 2.89. The van der Waals surface area contributed by atoms with Gasteiger partial charge in [-0.1, -0.05) is 19.1 Å². The van der Waals surface area contributed by atoms with Crippen molar-refractivity contribution in [2.24, 2.45) is 0 Å². The molecule has 1 aliphatic rings. The number of aliphatic hydroxyl groups excluding tert-OH is 1. The molecule has 0 aromatic heterocycles. The zero-order valence-corrected chi connectivity index (χ0v) is 10.7. The first-order chi connectivity index (χ1) is 8.99. The van der Waals surface area contributed by atoms with Crippen LogP contribution in [-0.2, 0) is 0 Å². The molecule has 2 unspecified atom stereocenters. The number of hydrogen-bond donors (Lipinski definition) is 5. The summed E-state index contributed by atoms with van der Waals surface area (Å²) < 4.78 is 0. The number of nitrogens with one attached hydrogen (secondary N) is 3. The minimum Gasteiger partial charge on any atom is -0.601 e. The molecule has 0 amide bonds. The summed E-state index contributed by atoms with van der Waals surface area (Å²) in [7, 11) is 0. The summed E-state index contributed by atoms with van der Waals surface area (Å²) in [6, 6.07) is 4.78. The molecule has 1 aliphatic heterocycles. The van der Waals surface area contributed by atoms with E-state index < -0.39 is 17.2 Å². The highest BCUT2D eigenvalue weighted by molar-refractivity contribution is 5.95. The van der Waals surface area contributed by atoms with Gasteiger partial charge in [-0.05, 0) is 6.92 Å². The summed E-state index contributed by atoms with van der Waals surface area (Å²) in [6.45, 7) is 3.76. The predicted octanol–water partition coefficient (Wildman–Crippen LogP) is -0.360. The van der Waals surface area contributed by atoms with Crippen molar-refractivity contribution in [3.8, 4) is 0 Å². The highest BCUT2D eigenvalue weighted by Crippen LogP contribution is 2.33. The van der Waals surface area contributed by atoms with Crippen molar-refractivity contribution in [1.82, 2.24) is 10.5 Å². The molecule has 8 nitrogen and oxygen atoms in total.